The molecule has 1 N–H and O–H groups in total. The topological polar surface area (TPSA) is 69.7 Å². The van der Waals surface area contributed by atoms with Gasteiger partial charge in [-0.25, -0.2) is 4.90 Å². The Morgan fingerprint density at radius 3 is 2.34 bits per heavy atom. The number of nitrogens with one attached hydrogen (secondary N) is 1. The van der Waals surface area contributed by atoms with Gasteiger partial charge >= 0.3 is 6.18 Å². The number of benzene rings is 3. The van der Waals surface area contributed by atoms with Gasteiger partial charge in [-0.15, -0.1) is 0 Å². The summed E-state index contributed by atoms with van der Waals surface area (Å²) in [5, 5.41) is 2.56. The fourth-order valence-electron chi connectivity index (χ4n) is 5.69. The molecule has 0 bridgehead atoms. The van der Waals surface area contributed by atoms with Crippen LogP contribution in [0, 0.1) is 11.8 Å². The summed E-state index contributed by atoms with van der Waals surface area (Å²) >= 11 is 3.35. The largest absolute Gasteiger partial charge is 0.416 e. The molecule has 10 heteroatoms. The van der Waals surface area contributed by atoms with Gasteiger partial charge in [0.15, 0.2) is 0 Å². The molecular formula is C28H19BrF3N3O3. The van der Waals surface area contributed by atoms with Crippen LogP contribution in [0.4, 0.5) is 24.5 Å². The first-order valence-corrected chi connectivity index (χ1v) is 12.6. The third kappa shape index (κ3) is 3.82. The average Bonchev–Trinajstić information content (AvgIpc) is 3.37. The van der Waals surface area contributed by atoms with Crippen molar-refractivity contribution in [2.75, 3.05) is 10.2 Å². The Labute approximate surface area is 223 Å². The van der Waals surface area contributed by atoms with Crippen molar-refractivity contribution in [2.45, 2.75) is 18.3 Å². The molecule has 3 aliphatic heterocycles. The summed E-state index contributed by atoms with van der Waals surface area (Å²) in [4.78, 5) is 44.1. The van der Waals surface area contributed by atoms with Crippen LogP contribution >= 0.6 is 15.9 Å². The van der Waals surface area contributed by atoms with E-state index in [-0.39, 0.29) is 5.69 Å². The number of hydrogen-bond donors (Lipinski definition) is 1. The van der Waals surface area contributed by atoms with Crippen molar-refractivity contribution >= 4 is 51.1 Å². The zero-order valence-electron chi connectivity index (χ0n) is 19.5. The number of imide groups is 1. The Morgan fingerprint density at radius 2 is 1.61 bits per heavy atom. The molecular weight excluding hydrogens is 563 g/mol. The highest BCUT2D eigenvalue weighted by molar-refractivity contribution is 9.10. The number of carbonyl (C=O) groups is 3. The van der Waals surface area contributed by atoms with Crippen LogP contribution in [0.25, 0.3) is 6.08 Å². The van der Waals surface area contributed by atoms with Gasteiger partial charge in [-0.3, -0.25) is 14.4 Å². The molecule has 3 amide bonds. The van der Waals surface area contributed by atoms with Gasteiger partial charge in [-0.05, 0) is 59.7 Å². The van der Waals surface area contributed by atoms with Crippen molar-refractivity contribution in [2.24, 2.45) is 11.8 Å². The van der Waals surface area contributed by atoms with Crippen LogP contribution in [0.5, 0.6) is 0 Å². The van der Waals surface area contributed by atoms with Gasteiger partial charge in [0.1, 0.15) is 6.04 Å². The van der Waals surface area contributed by atoms with E-state index in [1.165, 1.54) is 12.1 Å². The third-order valence-electron chi connectivity index (χ3n) is 7.27. The normalized spacial score (nSPS) is 23.8. The average molecular weight is 582 g/mol. The number of rotatable bonds is 3. The second-order valence-electron chi connectivity index (χ2n) is 9.39. The second-order valence-corrected chi connectivity index (χ2v) is 10.3. The predicted octanol–water partition coefficient (Wildman–Crippen LogP) is 5.62. The fourth-order valence-corrected chi connectivity index (χ4v) is 5.96. The molecule has 0 aromatic heterocycles. The van der Waals surface area contributed by atoms with Gasteiger partial charge in [0.25, 0.3) is 0 Å². The van der Waals surface area contributed by atoms with Gasteiger partial charge < -0.3 is 10.2 Å². The minimum Gasteiger partial charge on any atom is -0.357 e. The van der Waals surface area contributed by atoms with Gasteiger partial charge in [-0.2, -0.15) is 13.2 Å². The van der Waals surface area contributed by atoms with Gasteiger partial charge in [0.05, 0.1) is 29.1 Å². The fraction of sp³-hybridized carbons (Fsp3) is 0.179. The molecule has 0 spiro atoms. The number of carbonyl (C=O) groups excluding carboxylic acids is 3. The quantitative estimate of drug-likeness (QED) is 0.407. The number of halogens is 4. The Morgan fingerprint density at radius 1 is 0.895 bits per heavy atom. The number of anilines is 2. The third-order valence-corrected chi connectivity index (χ3v) is 7.80. The van der Waals surface area contributed by atoms with Crippen LogP contribution < -0.4 is 10.2 Å². The number of fused-ring (bicyclic) bond motifs is 5. The predicted molar refractivity (Wildman–Crippen MR) is 138 cm³/mol. The molecule has 2 saturated heterocycles. The maximum atomic E-state index is 13.8. The number of hydrogen-bond acceptors (Lipinski definition) is 4. The maximum absolute atomic E-state index is 13.8. The molecule has 192 valence electrons. The molecule has 3 aliphatic rings. The van der Waals surface area contributed by atoms with Crippen LogP contribution in [-0.2, 0) is 20.6 Å². The Bertz CT molecular complexity index is 1500. The summed E-state index contributed by atoms with van der Waals surface area (Å²) in [6.07, 6.45) is -1.09. The van der Waals surface area contributed by atoms with Crippen LogP contribution in [0.2, 0.25) is 0 Å². The Balaban J connectivity index is 1.41. The van der Waals surface area contributed by atoms with E-state index in [4.69, 9.17) is 0 Å². The molecule has 3 heterocycles. The van der Waals surface area contributed by atoms with E-state index in [1.807, 2.05) is 24.3 Å². The molecule has 6 nitrogen and oxygen atoms in total. The Hall–Kier alpha value is -3.92. The van der Waals surface area contributed by atoms with E-state index < -0.39 is 53.4 Å². The van der Waals surface area contributed by atoms with Crippen LogP contribution in [0.15, 0.2) is 83.5 Å². The molecule has 0 aliphatic carbocycles. The molecule has 3 aromatic carbocycles. The lowest BCUT2D eigenvalue weighted by Crippen LogP contribution is -2.46. The van der Waals surface area contributed by atoms with Crippen molar-refractivity contribution in [3.8, 4) is 0 Å². The second kappa shape index (κ2) is 8.83. The van der Waals surface area contributed by atoms with Crippen molar-refractivity contribution in [1.82, 2.24) is 4.90 Å². The van der Waals surface area contributed by atoms with Crippen LogP contribution in [0.3, 0.4) is 0 Å². The number of alkyl halides is 3. The SMILES string of the molecule is O=C(Nc1cccc(C(F)(F)F)c1)[C@H]1[C@H]2C(=O)N(c3ccc(Br)cc3)C(=O)[C@@H]2[C@@H]2c3ccccc3C=CN12. The monoisotopic (exact) mass is 581 g/mol. The smallest absolute Gasteiger partial charge is 0.357 e. The molecule has 38 heavy (non-hydrogen) atoms. The summed E-state index contributed by atoms with van der Waals surface area (Å²) in [5.41, 5.74) is 1.11. The molecule has 2 fully saturated rings. The van der Waals surface area contributed by atoms with Crippen molar-refractivity contribution in [3.63, 3.8) is 0 Å². The molecule has 6 rings (SSSR count). The van der Waals surface area contributed by atoms with Gasteiger partial charge in [-0.1, -0.05) is 46.3 Å². The van der Waals surface area contributed by atoms with Gasteiger partial charge in [0.2, 0.25) is 17.7 Å². The van der Waals surface area contributed by atoms with E-state index in [9.17, 15) is 27.6 Å². The summed E-state index contributed by atoms with van der Waals surface area (Å²) in [6.45, 7) is 0. The van der Waals surface area contributed by atoms with Crippen molar-refractivity contribution in [1.29, 1.82) is 0 Å². The molecule has 0 radical (unpaired) electrons. The minimum atomic E-state index is -4.58. The Kier molecular flexibility index (Phi) is 5.68. The summed E-state index contributed by atoms with van der Waals surface area (Å²) in [6, 6.07) is 16.8. The number of amides is 3. The first kappa shape index (κ1) is 24.4. The van der Waals surface area contributed by atoms with E-state index in [1.54, 1.807) is 41.4 Å². The zero-order valence-corrected chi connectivity index (χ0v) is 21.1. The van der Waals surface area contributed by atoms with E-state index in [2.05, 4.69) is 21.2 Å². The standard InChI is InChI=1S/C28H19BrF3N3O3/c29-17-8-10-19(11-9-17)35-26(37)21-22(27(35)38)24(34-13-12-15-4-1-2-7-20(15)23(21)34)25(36)33-18-6-3-5-16(14-18)28(30,31)32/h1-14,21-24H,(H,33,36)/t21-,22-,23-,24+/m0/s1. The number of nitrogens with zero attached hydrogens (tertiary/aromatic N) is 2. The lowest BCUT2D eigenvalue weighted by Gasteiger charge is -2.35. The van der Waals surface area contributed by atoms with Gasteiger partial charge in [0, 0.05) is 16.4 Å². The minimum absolute atomic E-state index is 0.0484. The zero-order chi connectivity index (χ0) is 26.8. The van der Waals surface area contributed by atoms with Crippen molar-refractivity contribution < 1.29 is 27.6 Å². The van der Waals surface area contributed by atoms with E-state index in [0.29, 0.717) is 5.69 Å². The summed E-state index contributed by atoms with van der Waals surface area (Å²) in [5.74, 6) is -3.49. The van der Waals surface area contributed by atoms with Crippen LogP contribution in [-0.4, -0.2) is 28.7 Å². The summed E-state index contributed by atoms with van der Waals surface area (Å²) < 4.78 is 40.5. The highest BCUT2D eigenvalue weighted by Crippen LogP contribution is 2.53. The molecule has 4 atom stereocenters. The lowest BCUT2D eigenvalue weighted by atomic mass is 9.84. The molecule has 0 saturated carbocycles. The highest BCUT2D eigenvalue weighted by Gasteiger charge is 2.64. The molecule has 0 unspecified atom stereocenters. The first-order chi connectivity index (χ1) is 18.1. The van der Waals surface area contributed by atoms with Crippen LogP contribution in [0.1, 0.15) is 22.7 Å². The van der Waals surface area contributed by atoms with E-state index >= 15 is 0 Å². The first-order valence-electron chi connectivity index (χ1n) is 11.8. The molecule has 3 aromatic rings. The van der Waals surface area contributed by atoms with E-state index in [0.717, 1.165) is 32.6 Å². The maximum Gasteiger partial charge on any atom is 0.416 e. The highest BCUT2D eigenvalue weighted by atomic mass is 79.9. The summed E-state index contributed by atoms with van der Waals surface area (Å²) in [7, 11) is 0. The lowest BCUT2D eigenvalue weighted by molar-refractivity contribution is -0.137. The van der Waals surface area contributed by atoms with Crippen molar-refractivity contribution in [3.05, 3.63) is 100 Å².